The van der Waals surface area contributed by atoms with E-state index in [1.54, 1.807) is 4.90 Å². The van der Waals surface area contributed by atoms with E-state index in [4.69, 9.17) is 10.8 Å². The van der Waals surface area contributed by atoms with E-state index in [2.05, 4.69) is 0 Å². The van der Waals surface area contributed by atoms with Gasteiger partial charge in [0.15, 0.2) is 0 Å². The summed E-state index contributed by atoms with van der Waals surface area (Å²) >= 11 is 0. The normalized spacial score (nSPS) is 12.6. The summed E-state index contributed by atoms with van der Waals surface area (Å²) in [6.07, 6.45) is 4.77. The van der Waals surface area contributed by atoms with Gasteiger partial charge in [0.2, 0.25) is 5.91 Å². The summed E-state index contributed by atoms with van der Waals surface area (Å²) in [6.45, 7) is 2.84. The molecule has 0 saturated heterocycles. The van der Waals surface area contributed by atoms with E-state index in [0.29, 0.717) is 13.1 Å². The minimum Gasteiger partial charge on any atom is -0.394 e. The van der Waals surface area contributed by atoms with E-state index in [-0.39, 0.29) is 12.5 Å². The lowest BCUT2D eigenvalue weighted by Gasteiger charge is -2.23. The molecule has 0 aliphatic rings. The maximum absolute atomic E-state index is 11.9. The van der Waals surface area contributed by atoms with Gasteiger partial charge in [0.1, 0.15) is 6.04 Å². The molecule has 104 valence electrons. The number of aliphatic hydroxyl groups is 1. The number of hydrogen-bond acceptors (Lipinski definition) is 3. The second-order valence-corrected chi connectivity index (χ2v) is 4.39. The Kier molecular flexibility index (Phi) is 6.85. The topological polar surface area (TPSA) is 66.6 Å². The summed E-state index contributed by atoms with van der Waals surface area (Å²) in [4.78, 5) is 13.6. The van der Waals surface area contributed by atoms with Crippen LogP contribution in [0.25, 0.3) is 6.08 Å². The lowest BCUT2D eigenvalue weighted by Crippen LogP contribution is -2.46. The molecule has 0 fully saturated rings. The van der Waals surface area contributed by atoms with Gasteiger partial charge in [0.25, 0.3) is 0 Å². The zero-order valence-electron chi connectivity index (χ0n) is 11.3. The van der Waals surface area contributed by atoms with Crippen molar-refractivity contribution in [3.05, 3.63) is 42.0 Å². The summed E-state index contributed by atoms with van der Waals surface area (Å²) < 4.78 is 0. The molecule has 0 aliphatic heterocycles. The monoisotopic (exact) mass is 262 g/mol. The molecule has 0 radical (unpaired) electrons. The largest absolute Gasteiger partial charge is 0.394 e. The number of rotatable bonds is 7. The fourth-order valence-electron chi connectivity index (χ4n) is 1.75. The van der Waals surface area contributed by atoms with Crippen molar-refractivity contribution in [3.8, 4) is 0 Å². The third-order valence-electron chi connectivity index (χ3n) is 2.75. The van der Waals surface area contributed by atoms with Crippen molar-refractivity contribution in [2.75, 3.05) is 19.7 Å². The molecule has 3 N–H and O–H groups in total. The molecular formula is C15H22N2O2. The number of carbonyl (C=O) groups excluding carboxylic acids is 1. The Labute approximate surface area is 114 Å². The molecule has 19 heavy (non-hydrogen) atoms. The van der Waals surface area contributed by atoms with Crippen molar-refractivity contribution < 1.29 is 9.90 Å². The van der Waals surface area contributed by atoms with Crippen LogP contribution in [-0.4, -0.2) is 41.7 Å². The Bertz CT molecular complexity index is 404. The van der Waals surface area contributed by atoms with Gasteiger partial charge in [-0.25, -0.2) is 0 Å². The van der Waals surface area contributed by atoms with Gasteiger partial charge in [0.05, 0.1) is 6.61 Å². The Morgan fingerprint density at radius 1 is 1.42 bits per heavy atom. The summed E-state index contributed by atoms with van der Waals surface area (Å²) in [7, 11) is 0. The molecule has 0 unspecified atom stereocenters. The van der Waals surface area contributed by atoms with Crippen LogP contribution in [0.15, 0.2) is 36.4 Å². The molecule has 0 heterocycles. The highest BCUT2D eigenvalue weighted by Gasteiger charge is 2.18. The van der Waals surface area contributed by atoms with E-state index >= 15 is 0 Å². The first-order valence-corrected chi connectivity index (χ1v) is 6.55. The molecule has 0 aromatic heterocycles. The van der Waals surface area contributed by atoms with Crippen molar-refractivity contribution in [2.24, 2.45) is 5.73 Å². The van der Waals surface area contributed by atoms with E-state index < -0.39 is 6.04 Å². The zero-order chi connectivity index (χ0) is 14.1. The number of hydrogen-bond donors (Lipinski definition) is 2. The molecule has 1 aromatic rings. The second kappa shape index (κ2) is 8.45. The molecule has 1 aromatic carbocycles. The van der Waals surface area contributed by atoms with Crippen molar-refractivity contribution in [3.63, 3.8) is 0 Å². The quantitative estimate of drug-likeness (QED) is 0.777. The predicted molar refractivity (Wildman–Crippen MR) is 77.4 cm³/mol. The van der Waals surface area contributed by atoms with Crippen molar-refractivity contribution in [1.29, 1.82) is 0 Å². The molecule has 0 saturated carbocycles. The Morgan fingerprint density at radius 2 is 2.11 bits per heavy atom. The maximum atomic E-state index is 11.9. The molecular weight excluding hydrogens is 240 g/mol. The van der Waals surface area contributed by atoms with Crippen LogP contribution in [0.4, 0.5) is 0 Å². The minimum atomic E-state index is -0.823. The van der Waals surface area contributed by atoms with E-state index in [1.807, 2.05) is 49.4 Å². The van der Waals surface area contributed by atoms with E-state index in [1.165, 1.54) is 0 Å². The van der Waals surface area contributed by atoms with E-state index in [0.717, 1.165) is 12.0 Å². The molecule has 0 spiro atoms. The van der Waals surface area contributed by atoms with Gasteiger partial charge in [-0.2, -0.15) is 0 Å². The average Bonchev–Trinajstić information content (AvgIpc) is 2.46. The summed E-state index contributed by atoms with van der Waals surface area (Å²) in [6, 6.07) is 9.08. The van der Waals surface area contributed by atoms with E-state index in [9.17, 15) is 4.79 Å². The third-order valence-corrected chi connectivity index (χ3v) is 2.75. The summed E-state index contributed by atoms with van der Waals surface area (Å²) in [5.41, 5.74) is 6.66. The van der Waals surface area contributed by atoms with Crippen LogP contribution in [0.2, 0.25) is 0 Å². The molecule has 1 amide bonds. The summed E-state index contributed by atoms with van der Waals surface area (Å²) in [5.74, 6) is -0.206. The van der Waals surface area contributed by atoms with Gasteiger partial charge in [0, 0.05) is 13.1 Å². The highest BCUT2D eigenvalue weighted by atomic mass is 16.3. The van der Waals surface area contributed by atoms with Crippen molar-refractivity contribution in [1.82, 2.24) is 4.90 Å². The summed E-state index contributed by atoms with van der Waals surface area (Å²) in [5, 5.41) is 8.94. The average molecular weight is 262 g/mol. The van der Waals surface area contributed by atoms with Crippen LogP contribution < -0.4 is 5.73 Å². The van der Waals surface area contributed by atoms with Gasteiger partial charge < -0.3 is 15.7 Å². The van der Waals surface area contributed by atoms with Crippen LogP contribution in [0.5, 0.6) is 0 Å². The lowest BCUT2D eigenvalue weighted by atomic mass is 10.2. The molecule has 4 nitrogen and oxygen atoms in total. The van der Waals surface area contributed by atoms with Crippen LogP contribution in [0.3, 0.4) is 0 Å². The number of carbonyl (C=O) groups is 1. The van der Waals surface area contributed by atoms with Gasteiger partial charge >= 0.3 is 0 Å². The van der Waals surface area contributed by atoms with Gasteiger partial charge in [-0.1, -0.05) is 49.4 Å². The van der Waals surface area contributed by atoms with Crippen LogP contribution in [0.1, 0.15) is 18.9 Å². The van der Waals surface area contributed by atoms with Gasteiger partial charge in [-0.3, -0.25) is 4.79 Å². The highest BCUT2D eigenvalue weighted by Crippen LogP contribution is 2.02. The van der Waals surface area contributed by atoms with Crippen LogP contribution >= 0.6 is 0 Å². The first kappa shape index (κ1) is 15.4. The Morgan fingerprint density at radius 3 is 2.68 bits per heavy atom. The first-order valence-electron chi connectivity index (χ1n) is 6.55. The Balaban J connectivity index is 2.59. The SMILES string of the molecule is CCCN(C/C=C/c1ccccc1)C(=O)[C@H](N)CO. The lowest BCUT2D eigenvalue weighted by molar-refractivity contribution is -0.132. The standard InChI is InChI=1S/C15H22N2O2/c1-2-10-17(15(19)14(16)12-18)11-6-9-13-7-4-3-5-8-13/h3-9,14,18H,2,10-12,16H2,1H3/b9-6+/t14-/m1/s1. The zero-order valence-corrected chi connectivity index (χ0v) is 11.3. The smallest absolute Gasteiger partial charge is 0.242 e. The van der Waals surface area contributed by atoms with Crippen molar-refractivity contribution >= 4 is 12.0 Å². The predicted octanol–water partition coefficient (Wildman–Crippen LogP) is 1.26. The minimum absolute atomic E-state index is 0.206. The first-order chi connectivity index (χ1) is 9.19. The fraction of sp³-hybridized carbons (Fsp3) is 0.400. The Hall–Kier alpha value is -1.65. The van der Waals surface area contributed by atoms with Crippen molar-refractivity contribution in [2.45, 2.75) is 19.4 Å². The maximum Gasteiger partial charge on any atom is 0.242 e. The molecule has 1 rings (SSSR count). The molecule has 0 bridgehead atoms. The van der Waals surface area contributed by atoms with Gasteiger partial charge in [-0.15, -0.1) is 0 Å². The molecule has 0 aliphatic carbocycles. The second-order valence-electron chi connectivity index (χ2n) is 4.39. The van der Waals surface area contributed by atoms with Crippen LogP contribution in [0, 0.1) is 0 Å². The third kappa shape index (κ3) is 5.24. The molecule has 4 heteroatoms. The molecule has 1 atom stereocenters. The number of nitrogens with two attached hydrogens (primary N) is 1. The highest BCUT2D eigenvalue weighted by molar-refractivity contribution is 5.82. The fourth-order valence-corrected chi connectivity index (χ4v) is 1.75. The van der Waals surface area contributed by atoms with Crippen LogP contribution in [-0.2, 0) is 4.79 Å². The number of amides is 1. The number of aliphatic hydroxyl groups excluding tert-OH is 1. The number of nitrogens with zero attached hydrogens (tertiary/aromatic N) is 1. The number of benzene rings is 1. The van der Waals surface area contributed by atoms with Gasteiger partial charge in [-0.05, 0) is 12.0 Å².